The highest BCUT2D eigenvalue weighted by Crippen LogP contribution is 2.21. The van der Waals surface area contributed by atoms with Gasteiger partial charge in [-0.2, -0.15) is 4.99 Å². The number of aliphatic imine (C=N–C) groups is 1. The van der Waals surface area contributed by atoms with Crippen LogP contribution in [0, 0.1) is 5.41 Å². The van der Waals surface area contributed by atoms with Crippen molar-refractivity contribution in [2.24, 2.45) is 16.5 Å². The van der Waals surface area contributed by atoms with E-state index in [0.717, 1.165) is 36.7 Å². The van der Waals surface area contributed by atoms with Crippen LogP contribution in [0.15, 0.2) is 16.8 Å². The summed E-state index contributed by atoms with van der Waals surface area (Å²) in [6, 6.07) is 0. The summed E-state index contributed by atoms with van der Waals surface area (Å²) in [4.78, 5) is 17.5. The van der Waals surface area contributed by atoms with Crippen LogP contribution in [0.25, 0.3) is 0 Å². The minimum Gasteiger partial charge on any atom is -0.370 e. The van der Waals surface area contributed by atoms with E-state index in [9.17, 15) is 4.79 Å². The van der Waals surface area contributed by atoms with Crippen molar-refractivity contribution in [3.8, 4) is 0 Å². The SMILES string of the molecule is CCN(C(=O)CSC(=N)N=C(N)N)C1=CCCCC1. The molecule has 0 heterocycles. The van der Waals surface area contributed by atoms with Gasteiger partial charge >= 0.3 is 0 Å². The van der Waals surface area contributed by atoms with Crippen LogP contribution in [0.3, 0.4) is 0 Å². The first-order chi connectivity index (χ1) is 9.04. The van der Waals surface area contributed by atoms with Gasteiger partial charge in [0.15, 0.2) is 11.1 Å². The molecule has 0 aliphatic heterocycles. The number of allylic oxidation sites excluding steroid dienone is 2. The summed E-state index contributed by atoms with van der Waals surface area (Å²) in [5.41, 5.74) is 11.4. The number of guanidine groups is 1. The van der Waals surface area contributed by atoms with Gasteiger partial charge in [-0.25, -0.2) is 0 Å². The number of thioether (sulfide) groups is 1. The van der Waals surface area contributed by atoms with Gasteiger partial charge in [-0.1, -0.05) is 17.8 Å². The predicted molar refractivity (Wildman–Crippen MR) is 79.9 cm³/mol. The number of nitrogens with two attached hydrogens (primary N) is 2. The summed E-state index contributed by atoms with van der Waals surface area (Å²) in [5.74, 6) is 0.0179. The molecule has 0 unspecified atom stereocenters. The Balaban J connectivity index is 2.53. The van der Waals surface area contributed by atoms with E-state index in [2.05, 4.69) is 11.1 Å². The fourth-order valence-electron chi connectivity index (χ4n) is 1.96. The fraction of sp³-hybridized carbons (Fsp3) is 0.583. The van der Waals surface area contributed by atoms with Crippen molar-refractivity contribution in [2.45, 2.75) is 32.6 Å². The van der Waals surface area contributed by atoms with Crippen molar-refractivity contribution in [1.82, 2.24) is 4.90 Å². The van der Waals surface area contributed by atoms with Gasteiger partial charge in [-0.05, 0) is 32.6 Å². The van der Waals surface area contributed by atoms with Crippen LogP contribution in [0.5, 0.6) is 0 Å². The Morgan fingerprint density at radius 2 is 2.26 bits per heavy atom. The number of amidine groups is 1. The maximum atomic E-state index is 12.1. The van der Waals surface area contributed by atoms with E-state index >= 15 is 0 Å². The molecule has 1 aliphatic carbocycles. The van der Waals surface area contributed by atoms with Crippen LogP contribution in [-0.4, -0.2) is 34.2 Å². The molecule has 0 aromatic carbocycles. The van der Waals surface area contributed by atoms with Gasteiger partial charge in [0.25, 0.3) is 0 Å². The van der Waals surface area contributed by atoms with Gasteiger partial charge in [-0.3, -0.25) is 10.2 Å². The highest BCUT2D eigenvalue weighted by molar-refractivity contribution is 8.14. The first-order valence-electron chi connectivity index (χ1n) is 6.35. The number of nitrogens with one attached hydrogen (secondary N) is 1. The zero-order valence-electron chi connectivity index (χ0n) is 11.2. The Morgan fingerprint density at radius 1 is 1.53 bits per heavy atom. The number of nitrogens with zero attached hydrogens (tertiary/aromatic N) is 2. The monoisotopic (exact) mass is 283 g/mol. The second-order valence-electron chi connectivity index (χ2n) is 4.21. The number of hydrogen-bond acceptors (Lipinski definition) is 3. The largest absolute Gasteiger partial charge is 0.370 e. The zero-order chi connectivity index (χ0) is 14.3. The van der Waals surface area contributed by atoms with Crippen LogP contribution in [0.4, 0.5) is 0 Å². The first-order valence-corrected chi connectivity index (χ1v) is 7.33. The lowest BCUT2D eigenvalue weighted by molar-refractivity contribution is -0.126. The topological polar surface area (TPSA) is 109 Å². The van der Waals surface area contributed by atoms with E-state index < -0.39 is 0 Å². The third-order valence-electron chi connectivity index (χ3n) is 2.79. The Hall–Kier alpha value is -1.50. The van der Waals surface area contributed by atoms with Crippen molar-refractivity contribution in [3.63, 3.8) is 0 Å². The Labute approximate surface area is 117 Å². The molecule has 1 amide bonds. The van der Waals surface area contributed by atoms with Crippen LogP contribution >= 0.6 is 11.8 Å². The van der Waals surface area contributed by atoms with Crippen molar-refractivity contribution < 1.29 is 4.79 Å². The number of hydrogen-bond donors (Lipinski definition) is 3. The van der Waals surface area contributed by atoms with Gasteiger partial charge in [-0.15, -0.1) is 0 Å². The average molecular weight is 283 g/mol. The lowest BCUT2D eigenvalue weighted by Crippen LogP contribution is -2.32. The highest BCUT2D eigenvalue weighted by Gasteiger charge is 2.18. The van der Waals surface area contributed by atoms with E-state index in [-0.39, 0.29) is 22.8 Å². The Bertz CT molecular complexity index is 401. The maximum absolute atomic E-state index is 12.1. The maximum Gasteiger partial charge on any atom is 0.237 e. The molecule has 6 nitrogen and oxygen atoms in total. The summed E-state index contributed by atoms with van der Waals surface area (Å²) in [7, 11) is 0. The summed E-state index contributed by atoms with van der Waals surface area (Å²) in [6.45, 7) is 2.61. The number of carbonyl (C=O) groups is 1. The van der Waals surface area contributed by atoms with E-state index in [1.807, 2.05) is 6.92 Å². The number of amides is 1. The number of rotatable bonds is 4. The predicted octanol–water partition coefficient (Wildman–Crippen LogP) is 1.23. The molecule has 0 spiro atoms. The van der Waals surface area contributed by atoms with Crippen molar-refractivity contribution >= 4 is 28.8 Å². The summed E-state index contributed by atoms with van der Waals surface area (Å²) < 4.78 is 0. The second kappa shape index (κ2) is 7.83. The molecule has 0 saturated heterocycles. The van der Waals surface area contributed by atoms with Gasteiger partial charge in [0.1, 0.15) is 0 Å². The summed E-state index contributed by atoms with van der Waals surface area (Å²) >= 11 is 1.04. The molecule has 0 radical (unpaired) electrons. The molecule has 19 heavy (non-hydrogen) atoms. The molecule has 0 aromatic heterocycles. The normalized spacial score (nSPS) is 14.5. The first kappa shape index (κ1) is 15.6. The Morgan fingerprint density at radius 3 is 2.79 bits per heavy atom. The highest BCUT2D eigenvalue weighted by atomic mass is 32.2. The van der Waals surface area contributed by atoms with E-state index in [1.165, 1.54) is 6.42 Å². The molecule has 0 saturated carbocycles. The molecule has 0 atom stereocenters. The van der Waals surface area contributed by atoms with Gasteiger partial charge < -0.3 is 16.4 Å². The summed E-state index contributed by atoms with van der Waals surface area (Å²) in [5, 5.41) is 7.45. The quantitative estimate of drug-likeness (QED) is 0.532. The second-order valence-corrected chi connectivity index (χ2v) is 5.17. The fourth-order valence-corrected chi connectivity index (χ4v) is 2.55. The molecule has 5 N–H and O–H groups in total. The Kier molecular flexibility index (Phi) is 6.41. The van der Waals surface area contributed by atoms with Gasteiger partial charge in [0.05, 0.1) is 5.75 Å². The van der Waals surface area contributed by atoms with E-state index in [4.69, 9.17) is 16.9 Å². The van der Waals surface area contributed by atoms with Crippen molar-refractivity contribution in [3.05, 3.63) is 11.8 Å². The molecule has 7 heteroatoms. The molecule has 1 aliphatic rings. The molecular formula is C12H21N5OS. The van der Waals surface area contributed by atoms with Crippen LogP contribution in [0.1, 0.15) is 32.6 Å². The van der Waals surface area contributed by atoms with Crippen molar-refractivity contribution in [2.75, 3.05) is 12.3 Å². The molecule has 0 aromatic rings. The third kappa shape index (κ3) is 5.34. The minimum absolute atomic E-state index is 0.00353. The summed E-state index contributed by atoms with van der Waals surface area (Å²) in [6.07, 6.45) is 6.45. The van der Waals surface area contributed by atoms with Crippen LogP contribution in [-0.2, 0) is 4.79 Å². The van der Waals surface area contributed by atoms with Crippen molar-refractivity contribution in [1.29, 1.82) is 5.41 Å². The van der Waals surface area contributed by atoms with Crippen LogP contribution in [0.2, 0.25) is 0 Å². The standard InChI is InChI=1S/C12H21N5OS/c1-2-17(9-6-4-3-5-7-9)10(18)8-19-12(15)16-11(13)14/h6H,2-5,7-8H2,1H3,(H5,13,14,15,16). The lowest BCUT2D eigenvalue weighted by atomic mass is 10.0. The van der Waals surface area contributed by atoms with Gasteiger partial charge in [0, 0.05) is 12.2 Å². The van der Waals surface area contributed by atoms with E-state index in [0.29, 0.717) is 6.54 Å². The number of carbonyl (C=O) groups excluding carboxylic acids is 1. The smallest absolute Gasteiger partial charge is 0.237 e. The third-order valence-corrected chi connectivity index (χ3v) is 3.55. The lowest BCUT2D eigenvalue weighted by Gasteiger charge is -2.26. The van der Waals surface area contributed by atoms with Crippen LogP contribution < -0.4 is 11.5 Å². The van der Waals surface area contributed by atoms with E-state index in [1.54, 1.807) is 4.90 Å². The minimum atomic E-state index is -0.160. The molecular weight excluding hydrogens is 262 g/mol. The molecule has 106 valence electrons. The molecule has 0 bridgehead atoms. The molecule has 0 fully saturated rings. The molecule has 1 rings (SSSR count). The van der Waals surface area contributed by atoms with Gasteiger partial charge in [0.2, 0.25) is 5.91 Å². The zero-order valence-corrected chi connectivity index (χ0v) is 12.0. The average Bonchev–Trinajstić information content (AvgIpc) is 2.38.